The van der Waals surface area contributed by atoms with Crippen LogP contribution in [0.3, 0.4) is 0 Å². The smallest absolute Gasteiger partial charge is 0.227 e. The van der Waals surface area contributed by atoms with Crippen molar-refractivity contribution < 1.29 is 13.9 Å². The van der Waals surface area contributed by atoms with Crippen molar-refractivity contribution in [3.63, 3.8) is 0 Å². The summed E-state index contributed by atoms with van der Waals surface area (Å²) in [5.74, 6) is 0.415. The van der Waals surface area contributed by atoms with Gasteiger partial charge in [-0.05, 0) is 29.8 Å². The highest BCUT2D eigenvalue weighted by molar-refractivity contribution is 5.80. The second kappa shape index (κ2) is 4.86. The lowest BCUT2D eigenvalue weighted by molar-refractivity contribution is -0.0645. The van der Waals surface area contributed by atoms with Gasteiger partial charge in [0.15, 0.2) is 0 Å². The first-order valence-corrected chi connectivity index (χ1v) is 6.04. The Labute approximate surface area is 111 Å². The van der Waals surface area contributed by atoms with Crippen molar-refractivity contribution in [1.29, 1.82) is 0 Å². The molecule has 96 valence electrons. The van der Waals surface area contributed by atoms with Crippen LogP contribution in [-0.2, 0) is 9.47 Å². The van der Waals surface area contributed by atoms with E-state index in [0.29, 0.717) is 5.76 Å². The number of ether oxygens (including phenoxy) is 2. The van der Waals surface area contributed by atoms with Crippen LogP contribution in [0.5, 0.6) is 0 Å². The summed E-state index contributed by atoms with van der Waals surface area (Å²) in [6.07, 6.45) is 1.39. The van der Waals surface area contributed by atoms with Crippen LogP contribution >= 0.6 is 0 Å². The van der Waals surface area contributed by atoms with Crippen LogP contribution in [0.1, 0.15) is 23.0 Å². The van der Waals surface area contributed by atoms with Gasteiger partial charge in [-0.3, -0.25) is 0 Å². The van der Waals surface area contributed by atoms with Gasteiger partial charge in [0, 0.05) is 18.2 Å². The first kappa shape index (κ1) is 11.9. The lowest BCUT2D eigenvalue weighted by Crippen LogP contribution is -1.97. The van der Waals surface area contributed by atoms with Gasteiger partial charge in [0.05, 0.1) is 0 Å². The molecular formula is C16H13FO2. The van der Waals surface area contributed by atoms with Crippen LogP contribution < -0.4 is 0 Å². The minimum absolute atomic E-state index is 0.287. The number of hydrogen-bond donors (Lipinski definition) is 0. The summed E-state index contributed by atoms with van der Waals surface area (Å²) in [7, 11) is 1.55. The SMILES string of the molecule is COC1O/C(=C\c2ccccc2)c2ccc(F)cc21. The zero-order valence-corrected chi connectivity index (χ0v) is 10.5. The first-order valence-electron chi connectivity index (χ1n) is 6.04. The van der Waals surface area contributed by atoms with Gasteiger partial charge in [-0.2, -0.15) is 0 Å². The third-order valence-corrected chi connectivity index (χ3v) is 3.08. The average molecular weight is 256 g/mol. The Hall–Kier alpha value is -2.13. The molecule has 0 radical (unpaired) electrons. The van der Waals surface area contributed by atoms with E-state index >= 15 is 0 Å². The van der Waals surface area contributed by atoms with E-state index in [4.69, 9.17) is 9.47 Å². The maximum Gasteiger partial charge on any atom is 0.227 e. The Kier molecular flexibility index (Phi) is 3.05. The van der Waals surface area contributed by atoms with E-state index in [1.54, 1.807) is 13.2 Å². The average Bonchev–Trinajstić information content (AvgIpc) is 2.77. The predicted octanol–water partition coefficient (Wildman–Crippen LogP) is 4.00. The van der Waals surface area contributed by atoms with E-state index in [9.17, 15) is 4.39 Å². The molecule has 1 atom stereocenters. The van der Waals surface area contributed by atoms with Crippen LogP contribution in [0.25, 0.3) is 11.8 Å². The molecule has 1 heterocycles. The van der Waals surface area contributed by atoms with E-state index in [1.165, 1.54) is 12.1 Å². The minimum Gasteiger partial charge on any atom is -0.460 e. The molecule has 2 aromatic rings. The molecule has 2 aromatic carbocycles. The van der Waals surface area contributed by atoms with Crippen molar-refractivity contribution in [2.75, 3.05) is 7.11 Å². The zero-order chi connectivity index (χ0) is 13.2. The summed E-state index contributed by atoms with van der Waals surface area (Å²) >= 11 is 0. The number of benzene rings is 2. The Morgan fingerprint density at radius 2 is 1.95 bits per heavy atom. The number of halogens is 1. The van der Waals surface area contributed by atoms with Gasteiger partial charge < -0.3 is 9.47 Å². The van der Waals surface area contributed by atoms with Crippen LogP contribution in [0.4, 0.5) is 4.39 Å². The van der Waals surface area contributed by atoms with Gasteiger partial charge in [0.1, 0.15) is 11.6 Å². The van der Waals surface area contributed by atoms with Crippen LogP contribution in [-0.4, -0.2) is 7.11 Å². The van der Waals surface area contributed by atoms with E-state index in [2.05, 4.69) is 0 Å². The van der Waals surface area contributed by atoms with Crippen LogP contribution in [0.15, 0.2) is 48.5 Å². The fourth-order valence-electron chi connectivity index (χ4n) is 2.18. The third-order valence-electron chi connectivity index (χ3n) is 3.08. The fraction of sp³-hybridized carbons (Fsp3) is 0.125. The van der Waals surface area contributed by atoms with E-state index in [0.717, 1.165) is 16.7 Å². The number of methoxy groups -OCH3 is 1. The normalized spacial score (nSPS) is 19.3. The Morgan fingerprint density at radius 1 is 1.16 bits per heavy atom. The first-order chi connectivity index (χ1) is 9.28. The maximum absolute atomic E-state index is 13.3. The maximum atomic E-state index is 13.3. The molecule has 0 saturated heterocycles. The number of hydrogen-bond acceptors (Lipinski definition) is 2. The Bertz CT molecular complexity index is 620. The summed E-state index contributed by atoms with van der Waals surface area (Å²) in [6.45, 7) is 0. The summed E-state index contributed by atoms with van der Waals surface area (Å²) in [4.78, 5) is 0. The molecule has 0 aromatic heterocycles. The zero-order valence-electron chi connectivity index (χ0n) is 10.5. The van der Waals surface area contributed by atoms with Gasteiger partial charge in [0.25, 0.3) is 0 Å². The lowest BCUT2D eigenvalue weighted by Gasteiger charge is -2.08. The van der Waals surface area contributed by atoms with Gasteiger partial charge in [-0.1, -0.05) is 30.3 Å². The molecule has 0 amide bonds. The summed E-state index contributed by atoms with van der Waals surface area (Å²) in [5, 5.41) is 0. The highest BCUT2D eigenvalue weighted by Gasteiger charge is 2.28. The van der Waals surface area contributed by atoms with Crippen molar-refractivity contribution >= 4 is 11.8 Å². The molecule has 0 N–H and O–H groups in total. The molecule has 1 aliphatic heterocycles. The van der Waals surface area contributed by atoms with Crippen LogP contribution in [0, 0.1) is 5.82 Å². The molecule has 1 unspecified atom stereocenters. The second-order valence-electron chi connectivity index (χ2n) is 4.34. The van der Waals surface area contributed by atoms with Crippen molar-refractivity contribution in [3.8, 4) is 0 Å². The van der Waals surface area contributed by atoms with Crippen molar-refractivity contribution in [2.45, 2.75) is 6.29 Å². The molecule has 0 aliphatic carbocycles. The summed E-state index contributed by atoms with van der Waals surface area (Å²) in [5.41, 5.74) is 2.63. The molecule has 3 heteroatoms. The molecule has 2 nitrogen and oxygen atoms in total. The molecule has 1 aliphatic rings. The summed E-state index contributed by atoms with van der Waals surface area (Å²) in [6, 6.07) is 14.5. The van der Waals surface area contributed by atoms with E-state index in [-0.39, 0.29) is 5.82 Å². The lowest BCUT2D eigenvalue weighted by atomic mass is 10.1. The quantitative estimate of drug-likeness (QED) is 0.808. The topological polar surface area (TPSA) is 18.5 Å². The molecule has 0 saturated carbocycles. The number of fused-ring (bicyclic) bond motifs is 1. The van der Waals surface area contributed by atoms with Gasteiger partial charge in [0.2, 0.25) is 6.29 Å². The summed E-state index contributed by atoms with van der Waals surface area (Å²) < 4.78 is 24.2. The molecule has 0 bridgehead atoms. The third kappa shape index (κ3) is 2.25. The van der Waals surface area contributed by atoms with Gasteiger partial charge in [-0.25, -0.2) is 4.39 Å². The van der Waals surface area contributed by atoms with E-state index < -0.39 is 6.29 Å². The molecule has 0 fully saturated rings. The minimum atomic E-state index is -0.541. The van der Waals surface area contributed by atoms with Gasteiger partial charge in [-0.15, -0.1) is 0 Å². The molecular weight excluding hydrogens is 243 g/mol. The second-order valence-corrected chi connectivity index (χ2v) is 4.34. The molecule has 3 rings (SSSR count). The molecule has 0 spiro atoms. The highest BCUT2D eigenvalue weighted by atomic mass is 19.1. The van der Waals surface area contributed by atoms with Crippen molar-refractivity contribution in [1.82, 2.24) is 0 Å². The van der Waals surface area contributed by atoms with Crippen molar-refractivity contribution in [2.24, 2.45) is 0 Å². The monoisotopic (exact) mass is 256 g/mol. The number of rotatable bonds is 2. The largest absolute Gasteiger partial charge is 0.460 e. The fourth-order valence-corrected chi connectivity index (χ4v) is 2.18. The standard InChI is InChI=1S/C16H13FO2/c1-18-16-14-10-12(17)7-8-13(14)15(19-16)9-11-5-3-2-4-6-11/h2-10,16H,1H3/b15-9-. The van der Waals surface area contributed by atoms with Crippen LogP contribution in [0.2, 0.25) is 0 Å². The Balaban J connectivity index is 2.05. The Morgan fingerprint density at radius 3 is 2.68 bits per heavy atom. The van der Waals surface area contributed by atoms with Crippen molar-refractivity contribution in [3.05, 3.63) is 71.0 Å². The highest BCUT2D eigenvalue weighted by Crippen LogP contribution is 2.39. The van der Waals surface area contributed by atoms with E-state index in [1.807, 2.05) is 36.4 Å². The molecule has 19 heavy (non-hydrogen) atoms. The predicted molar refractivity (Wildman–Crippen MR) is 71.5 cm³/mol. The van der Waals surface area contributed by atoms with Gasteiger partial charge >= 0.3 is 0 Å².